The second kappa shape index (κ2) is 4.74. The molecule has 6 aromatic rings. The number of aryl methyl sites for hydroxylation is 3. The number of rotatable bonds is 0. The average molecular weight is 353 g/mol. The summed E-state index contributed by atoms with van der Waals surface area (Å²) in [4.78, 5) is 0. The molecule has 0 radical (unpaired) electrons. The zero-order chi connectivity index (χ0) is 18.4. The zero-order valence-electron chi connectivity index (χ0n) is 15.5. The van der Waals surface area contributed by atoms with Gasteiger partial charge in [0.25, 0.3) is 0 Å². The molecule has 3 aromatic carbocycles. The summed E-state index contributed by atoms with van der Waals surface area (Å²) < 4.78 is 19.2. The normalized spacial score (nSPS) is 12.4. The van der Waals surface area contributed by atoms with Crippen LogP contribution in [0.1, 0.15) is 11.1 Å². The van der Waals surface area contributed by atoms with E-state index in [1.54, 1.807) is 6.07 Å². The molecule has 0 atom stereocenters. The first-order chi connectivity index (χ1) is 13.1. The van der Waals surface area contributed by atoms with Gasteiger partial charge in [-0.2, -0.15) is 0 Å². The van der Waals surface area contributed by atoms with Crippen LogP contribution >= 0.6 is 0 Å². The molecule has 0 aliphatic heterocycles. The number of aromatic nitrogens is 2. The highest BCUT2D eigenvalue weighted by molar-refractivity contribution is 6.26. The molecule has 130 valence electrons. The maximum Gasteiger partial charge on any atom is 0.224 e. The Labute approximate surface area is 155 Å². The van der Waals surface area contributed by atoms with Gasteiger partial charge in [-0.25, -0.2) is 8.96 Å². The smallest absolute Gasteiger partial charge is 0.224 e. The van der Waals surface area contributed by atoms with Gasteiger partial charge < -0.3 is 4.40 Å². The summed E-state index contributed by atoms with van der Waals surface area (Å²) in [5.74, 6) is -0.169. The Bertz CT molecular complexity index is 1560. The third-order valence-electron chi connectivity index (χ3n) is 6.18. The Morgan fingerprint density at radius 3 is 2.52 bits per heavy atom. The molecule has 2 nitrogen and oxygen atoms in total. The maximum absolute atomic E-state index is 14.7. The van der Waals surface area contributed by atoms with Gasteiger partial charge in [-0.3, -0.25) is 0 Å². The molecule has 0 saturated carbocycles. The minimum Gasteiger partial charge on any atom is -0.307 e. The van der Waals surface area contributed by atoms with E-state index in [4.69, 9.17) is 0 Å². The Balaban J connectivity index is 2.17. The van der Waals surface area contributed by atoms with Crippen molar-refractivity contribution in [3.63, 3.8) is 0 Å². The van der Waals surface area contributed by atoms with Crippen molar-refractivity contribution in [2.75, 3.05) is 0 Å². The quantitative estimate of drug-likeness (QED) is 0.192. The molecule has 0 spiro atoms. The Morgan fingerprint density at radius 2 is 1.67 bits per heavy atom. The van der Waals surface area contributed by atoms with Gasteiger partial charge in [0.15, 0.2) is 6.20 Å². The summed E-state index contributed by atoms with van der Waals surface area (Å²) in [6, 6.07) is 16.2. The molecular weight excluding hydrogens is 335 g/mol. The van der Waals surface area contributed by atoms with Crippen molar-refractivity contribution in [1.82, 2.24) is 4.40 Å². The maximum atomic E-state index is 14.7. The van der Waals surface area contributed by atoms with Gasteiger partial charge in [0, 0.05) is 22.2 Å². The van der Waals surface area contributed by atoms with E-state index in [0.717, 1.165) is 16.4 Å². The highest BCUT2D eigenvalue weighted by atomic mass is 19.1. The van der Waals surface area contributed by atoms with Crippen molar-refractivity contribution in [3.05, 3.63) is 71.7 Å². The van der Waals surface area contributed by atoms with Crippen LogP contribution in [0.15, 0.2) is 54.7 Å². The van der Waals surface area contributed by atoms with Crippen molar-refractivity contribution in [2.45, 2.75) is 13.8 Å². The zero-order valence-corrected chi connectivity index (χ0v) is 15.5. The SMILES string of the molecule is Cc1cc2c3ccccc3n3c4ccc(F)c5cc[n+](C)c(c(c1C)c23)c54. The fourth-order valence-corrected chi connectivity index (χ4v) is 4.82. The standard InChI is InChI=1S/C24H18FN2/c1-13-12-17-15-6-4-5-7-19(15)27-20-9-8-18(25)16-10-11-26(3)24(22(16)20)21(14(13)2)23(17)27/h4-12H,1-3H3/q+1. The van der Waals surface area contributed by atoms with Crippen LogP contribution in [0.3, 0.4) is 0 Å². The Morgan fingerprint density at radius 1 is 0.852 bits per heavy atom. The molecule has 0 bridgehead atoms. The summed E-state index contributed by atoms with van der Waals surface area (Å²) in [5, 5.41) is 5.38. The van der Waals surface area contributed by atoms with Crippen LogP contribution in [0.25, 0.3) is 49.0 Å². The molecule has 0 aliphatic carbocycles. The van der Waals surface area contributed by atoms with Crippen molar-refractivity contribution in [2.24, 2.45) is 7.05 Å². The summed E-state index contributed by atoms with van der Waals surface area (Å²) >= 11 is 0. The second-order valence-corrected chi connectivity index (χ2v) is 7.57. The monoisotopic (exact) mass is 353 g/mol. The number of nitrogens with zero attached hydrogens (tertiary/aromatic N) is 2. The molecule has 0 N–H and O–H groups in total. The van der Waals surface area contributed by atoms with Crippen LogP contribution in [-0.2, 0) is 7.05 Å². The van der Waals surface area contributed by atoms with E-state index in [1.807, 2.05) is 18.3 Å². The summed E-state index contributed by atoms with van der Waals surface area (Å²) in [6.45, 7) is 4.34. The summed E-state index contributed by atoms with van der Waals surface area (Å²) in [5.41, 5.74) is 7.07. The first-order valence-corrected chi connectivity index (χ1v) is 9.23. The first-order valence-electron chi connectivity index (χ1n) is 9.23. The van der Waals surface area contributed by atoms with Crippen molar-refractivity contribution in [1.29, 1.82) is 0 Å². The van der Waals surface area contributed by atoms with E-state index in [0.29, 0.717) is 5.39 Å². The molecule has 0 amide bonds. The molecule has 0 unspecified atom stereocenters. The highest BCUT2D eigenvalue weighted by Crippen LogP contribution is 2.41. The van der Waals surface area contributed by atoms with Crippen molar-refractivity contribution >= 4 is 49.0 Å². The average Bonchev–Trinajstić information content (AvgIpc) is 2.99. The predicted octanol–water partition coefficient (Wildman–Crippen LogP) is 5.57. The van der Waals surface area contributed by atoms with E-state index in [1.165, 1.54) is 38.3 Å². The number of hydrogen-bond acceptors (Lipinski definition) is 0. The number of hydrogen-bond donors (Lipinski definition) is 0. The molecule has 0 saturated heterocycles. The van der Waals surface area contributed by atoms with E-state index < -0.39 is 0 Å². The highest BCUT2D eigenvalue weighted by Gasteiger charge is 2.25. The lowest BCUT2D eigenvalue weighted by Crippen LogP contribution is -2.29. The largest absolute Gasteiger partial charge is 0.307 e. The van der Waals surface area contributed by atoms with Crippen molar-refractivity contribution in [3.8, 4) is 0 Å². The van der Waals surface area contributed by atoms with Crippen LogP contribution in [-0.4, -0.2) is 4.40 Å². The van der Waals surface area contributed by atoms with Gasteiger partial charge in [-0.15, -0.1) is 0 Å². The van der Waals surface area contributed by atoms with Crippen LogP contribution in [0.4, 0.5) is 4.39 Å². The van der Waals surface area contributed by atoms with E-state index >= 15 is 0 Å². The van der Waals surface area contributed by atoms with Gasteiger partial charge in [-0.1, -0.05) is 18.2 Å². The molecule has 3 heteroatoms. The van der Waals surface area contributed by atoms with Crippen LogP contribution in [0.5, 0.6) is 0 Å². The summed E-state index contributed by atoms with van der Waals surface area (Å²) in [6.07, 6.45) is 1.97. The Hall–Kier alpha value is -3.20. The van der Waals surface area contributed by atoms with Gasteiger partial charge >= 0.3 is 0 Å². The van der Waals surface area contributed by atoms with Crippen LogP contribution in [0, 0.1) is 19.7 Å². The van der Waals surface area contributed by atoms with Crippen LogP contribution < -0.4 is 4.57 Å². The fourth-order valence-electron chi connectivity index (χ4n) is 4.82. The van der Waals surface area contributed by atoms with Gasteiger partial charge in [0.05, 0.1) is 27.3 Å². The Kier molecular flexibility index (Phi) is 2.62. The fraction of sp³-hybridized carbons (Fsp3) is 0.125. The van der Waals surface area contributed by atoms with E-state index in [-0.39, 0.29) is 5.82 Å². The van der Waals surface area contributed by atoms with Crippen LogP contribution in [0.2, 0.25) is 0 Å². The molecule has 27 heavy (non-hydrogen) atoms. The number of para-hydroxylation sites is 1. The number of halogens is 1. The molecule has 0 aliphatic rings. The topological polar surface area (TPSA) is 8.29 Å². The predicted molar refractivity (Wildman–Crippen MR) is 109 cm³/mol. The molecule has 3 aromatic heterocycles. The molecule has 0 fully saturated rings. The lowest BCUT2D eigenvalue weighted by molar-refractivity contribution is -0.643. The third-order valence-corrected chi connectivity index (χ3v) is 6.18. The molecule has 6 rings (SSSR count). The summed E-state index contributed by atoms with van der Waals surface area (Å²) in [7, 11) is 2.05. The minimum absolute atomic E-state index is 0.169. The minimum atomic E-state index is -0.169. The lowest BCUT2D eigenvalue weighted by Gasteiger charge is -2.14. The van der Waals surface area contributed by atoms with Gasteiger partial charge in [0.2, 0.25) is 5.52 Å². The number of pyridine rings is 2. The number of fused-ring (bicyclic) bond motifs is 5. The van der Waals surface area contributed by atoms with Gasteiger partial charge in [0.1, 0.15) is 12.9 Å². The first kappa shape index (κ1) is 14.9. The van der Waals surface area contributed by atoms with E-state index in [2.05, 4.69) is 60.2 Å². The molecule has 3 heterocycles. The lowest BCUT2D eigenvalue weighted by atomic mass is 9.96. The van der Waals surface area contributed by atoms with E-state index in [9.17, 15) is 4.39 Å². The third kappa shape index (κ3) is 1.63. The second-order valence-electron chi connectivity index (χ2n) is 7.57. The van der Waals surface area contributed by atoms with Gasteiger partial charge in [-0.05, 0) is 49.2 Å². The number of benzene rings is 3. The molecular formula is C24H18FN2+. The van der Waals surface area contributed by atoms with Crippen molar-refractivity contribution < 1.29 is 8.96 Å².